The molecule has 0 aliphatic carbocycles. The Morgan fingerprint density at radius 3 is 2.41 bits per heavy atom. The van der Waals surface area contributed by atoms with Gasteiger partial charge in [0.05, 0.1) is 11.4 Å². The number of anilines is 1. The Balaban J connectivity index is 1.46. The summed E-state index contributed by atoms with van der Waals surface area (Å²) in [6.45, 7) is 8.42. The summed E-state index contributed by atoms with van der Waals surface area (Å²) in [6, 6.07) is 22.9. The van der Waals surface area contributed by atoms with E-state index in [2.05, 4.69) is 5.32 Å². The smallest absolute Gasteiger partial charge is 0.254 e. The highest BCUT2D eigenvalue weighted by atomic mass is 16.7. The molecule has 0 saturated carbocycles. The zero-order valence-electron chi connectivity index (χ0n) is 22.6. The van der Waals surface area contributed by atoms with Gasteiger partial charge in [0, 0.05) is 17.7 Å². The maximum absolute atomic E-state index is 13.6. The minimum atomic E-state index is -0.310. The molecule has 5 rings (SSSR count). The molecule has 1 aliphatic rings. The van der Waals surface area contributed by atoms with E-state index in [9.17, 15) is 9.59 Å². The van der Waals surface area contributed by atoms with Crippen LogP contribution in [0.4, 0.5) is 5.82 Å². The lowest BCUT2D eigenvalue weighted by atomic mass is 10.1. The van der Waals surface area contributed by atoms with Gasteiger partial charge in [-0.2, -0.15) is 5.10 Å². The van der Waals surface area contributed by atoms with E-state index in [0.29, 0.717) is 29.4 Å². The minimum absolute atomic E-state index is 0.113. The maximum atomic E-state index is 13.6. The fourth-order valence-electron chi connectivity index (χ4n) is 4.68. The molecule has 8 nitrogen and oxygen atoms in total. The molecule has 0 radical (unpaired) electrons. The largest absolute Gasteiger partial charge is 0.454 e. The summed E-state index contributed by atoms with van der Waals surface area (Å²) < 4.78 is 12.6. The van der Waals surface area contributed by atoms with Crippen LogP contribution in [0.15, 0.2) is 72.8 Å². The Hall–Kier alpha value is -4.59. The monoisotopic (exact) mass is 524 g/mol. The SMILES string of the molecule is Cc1ccc(-n2nc(C)c(-c3ccccc3)c2NC(=O)CN(CC(C)C)C(=O)c2ccc3c(c2)OCO3)cc1. The topological polar surface area (TPSA) is 85.7 Å². The minimum Gasteiger partial charge on any atom is -0.454 e. The van der Waals surface area contributed by atoms with Gasteiger partial charge in [-0.05, 0) is 55.7 Å². The molecule has 8 heteroatoms. The number of hydrogen-bond donors (Lipinski definition) is 1. The first-order chi connectivity index (χ1) is 18.8. The van der Waals surface area contributed by atoms with E-state index < -0.39 is 0 Å². The van der Waals surface area contributed by atoms with Crippen molar-refractivity contribution in [1.29, 1.82) is 0 Å². The van der Waals surface area contributed by atoms with E-state index in [-0.39, 0.29) is 31.1 Å². The van der Waals surface area contributed by atoms with Gasteiger partial charge in [0.1, 0.15) is 12.4 Å². The third-order valence-electron chi connectivity index (χ3n) is 6.49. The predicted molar refractivity (Wildman–Crippen MR) is 150 cm³/mol. The van der Waals surface area contributed by atoms with Gasteiger partial charge < -0.3 is 19.7 Å². The maximum Gasteiger partial charge on any atom is 0.254 e. The second-order valence-electron chi connectivity index (χ2n) is 10.1. The Kier molecular flexibility index (Phi) is 7.36. The van der Waals surface area contributed by atoms with E-state index in [1.54, 1.807) is 27.8 Å². The van der Waals surface area contributed by atoms with Gasteiger partial charge >= 0.3 is 0 Å². The molecular formula is C31H32N4O4. The van der Waals surface area contributed by atoms with Gasteiger partial charge in [-0.1, -0.05) is 61.9 Å². The summed E-state index contributed by atoms with van der Waals surface area (Å²) in [6.07, 6.45) is 0. The summed E-state index contributed by atoms with van der Waals surface area (Å²) in [5.41, 5.74) is 4.96. The highest BCUT2D eigenvalue weighted by Crippen LogP contribution is 2.34. The van der Waals surface area contributed by atoms with E-state index in [1.165, 1.54) is 0 Å². The van der Waals surface area contributed by atoms with Crippen molar-refractivity contribution in [1.82, 2.24) is 14.7 Å². The molecule has 0 fully saturated rings. The van der Waals surface area contributed by atoms with Gasteiger partial charge in [-0.15, -0.1) is 0 Å². The standard InChI is InChI=1S/C31H32N4O4/c1-20(2)17-34(31(37)24-12-15-26-27(16-24)39-19-38-26)18-28(36)32-30-29(23-8-6-5-7-9-23)22(4)33-35(30)25-13-10-21(3)11-14-25/h5-16,20H,17-19H2,1-4H3,(H,32,36). The number of aryl methyl sites for hydroxylation is 2. The number of nitrogens with one attached hydrogen (secondary N) is 1. The van der Waals surface area contributed by atoms with Crippen LogP contribution in [0.5, 0.6) is 11.5 Å². The number of fused-ring (bicyclic) bond motifs is 1. The zero-order valence-corrected chi connectivity index (χ0v) is 22.6. The molecule has 0 atom stereocenters. The second-order valence-corrected chi connectivity index (χ2v) is 10.1. The summed E-state index contributed by atoms with van der Waals surface area (Å²) in [7, 11) is 0. The van der Waals surface area contributed by atoms with Crippen molar-refractivity contribution in [3.63, 3.8) is 0 Å². The van der Waals surface area contributed by atoms with Gasteiger partial charge in [-0.3, -0.25) is 9.59 Å². The highest BCUT2D eigenvalue weighted by molar-refractivity contribution is 6.01. The molecule has 0 saturated heterocycles. The van der Waals surface area contributed by atoms with Crippen LogP contribution < -0.4 is 14.8 Å². The van der Waals surface area contributed by atoms with Crippen LogP contribution in [0.2, 0.25) is 0 Å². The number of carbonyl (C=O) groups is 2. The molecule has 0 spiro atoms. The first kappa shape index (κ1) is 26.0. The number of nitrogens with zero attached hydrogens (tertiary/aromatic N) is 3. The van der Waals surface area contributed by atoms with Gasteiger partial charge in [0.25, 0.3) is 5.91 Å². The fraction of sp³-hybridized carbons (Fsp3) is 0.258. The number of benzene rings is 3. The number of rotatable bonds is 8. The van der Waals surface area contributed by atoms with Crippen molar-refractivity contribution in [2.75, 3.05) is 25.2 Å². The summed E-state index contributed by atoms with van der Waals surface area (Å²) in [4.78, 5) is 28.6. The van der Waals surface area contributed by atoms with E-state index in [0.717, 1.165) is 28.1 Å². The van der Waals surface area contributed by atoms with Crippen LogP contribution in [-0.2, 0) is 4.79 Å². The normalized spacial score (nSPS) is 12.0. The Labute approximate surface area is 228 Å². The van der Waals surface area contributed by atoms with Crippen LogP contribution in [-0.4, -0.2) is 46.4 Å². The molecule has 0 unspecified atom stereocenters. The fourth-order valence-corrected chi connectivity index (χ4v) is 4.68. The molecule has 1 aliphatic heterocycles. The van der Waals surface area contributed by atoms with Crippen molar-refractivity contribution in [2.45, 2.75) is 27.7 Å². The number of aromatic nitrogens is 2. The van der Waals surface area contributed by atoms with Crippen molar-refractivity contribution in [3.05, 3.63) is 89.6 Å². The summed E-state index contributed by atoms with van der Waals surface area (Å²) in [5.74, 6) is 1.30. The quantitative estimate of drug-likeness (QED) is 0.323. The Morgan fingerprint density at radius 1 is 0.974 bits per heavy atom. The first-order valence-corrected chi connectivity index (χ1v) is 13.0. The number of carbonyl (C=O) groups excluding carboxylic acids is 2. The molecule has 39 heavy (non-hydrogen) atoms. The molecule has 0 bridgehead atoms. The Morgan fingerprint density at radius 2 is 1.69 bits per heavy atom. The highest BCUT2D eigenvalue weighted by Gasteiger charge is 2.25. The van der Waals surface area contributed by atoms with E-state index in [1.807, 2.05) is 82.3 Å². The molecule has 1 aromatic heterocycles. The van der Waals surface area contributed by atoms with Crippen molar-refractivity contribution >= 4 is 17.6 Å². The molecule has 3 aromatic carbocycles. The van der Waals surface area contributed by atoms with Crippen molar-refractivity contribution < 1.29 is 19.1 Å². The molecule has 2 amide bonds. The molecule has 2 heterocycles. The van der Waals surface area contributed by atoms with Crippen LogP contribution in [0, 0.1) is 19.8 Å². The number of hydrogen-bond acceptors (Lipinski definition) is 5. The first-order valence-electron chi connectivity index (χ1n) is 13.0. The van der Waals surface area contributed by atoms with Crippen LogP contribution in [0.25, 0.3) is 16.8 Å². The number of amides is 2. The van der Waals surface area contributed by atoms with E-state index in [4.69, 9.17) is 14.6 Å². The average Bonchev–Trinajstić information content (AvgIpc) is 3.52. The third-order valence-corrected chi connectivity index (χ3v) is 6.49. The Bertz CT molecular complexity index is 1490. The van der Waals surface area contributed by atoms with Crippen LogP contribution in [0.3, 0.4) is 0 Å². The van der Waals surface area contributed by atoms with Crippen LogP contribution in [0.1, 0.15) is 35.5 Å². The van der Waals surface area contributed by atoms with Crippen molar-refractivity contribution in [3.8, 4) is 28.3 Å². The third kappa shape index (κ3) is 5.65. The zero-order chi connectivity index (χ0) is 27.5. The lowest BCUT2D eigenvalue weighted by Crippen LogP contribution is -2.40. The molecule has 4 aromatic rings. The van der Waals surface area contributed by atoms with Gasteiger partial charge in [0.15, 0.2) is 11.5 Å². The second kappa shape index (κ2) is 11.0. The molecule has 200 valence electrons. The summed E-state index contributed by atoms with van der Waals surface area (Å²) >= 11 is 0. The van der Waals surface area contributed by atoms with E-state index >= 15 is 0 Å². The van der Waals surface area contributed by atoms with Crippen molar-refractivity contribution in [2.24, 2.45) is 5.92 Å². The van der Waals surface area contributed by atoms with Crippen LogP contribution >= 0.6 is 0 Å². The average molecular weight is 525 g/mol. The summed E-state index contributed by atoms with van der Waals surface area (Å²) in [5, 5.41) is 7.87. The lowest BCUT2D eigenvalue weighted by molar-refractivity contribution is -0.117. The van der Waals surface area contributed by atoms with Gasteiger partial charge in [-0.25, -0.2) is 4.68 Å². The van der Waals surface area contributed by atoms with Gasteiger partial charge in [0.2, 0.25) is 12.7 Å². The molecule has 1 N–H and O–H groups in total. The molecular weight excluding hydrogens is 492 g/mol. The lowest BCUT2D eigenvalue weighted by Gasteiger charge is -2.24. The predicted octanol–water partition coefficient (Wildman–Crippen LogP) is 5.62. The number of ether oxygens (including phenoxy) is 2.